The molecule has 0 radical (unpaired) electrons. The first kappa shape index (κ1) is 33.5. The third kappa shape index (κ3) is 5.27. The number of rotatable bonds is 10. The molecule has 0 bridgehead atoms. The summed E-state index contributed by atoms with van der Waals surface area (Å²) in [5.74, 6) is 2.51. The second kappa shape index (κ2) is 12.2. The standard InChI is InChI=1S/C40H64O2/c1-13-15-17-29(18-16-14-2)19-30-20-31(24(3)4)32-22-38(10)23-39(11)21-26(7)33(25(5)6)37(42)40(39,12)28(9)35(38)36(41)34(32)27(30)8/h24,26,28-30,33,35H,5,13-23H2,1-4,6-12H3. The van der Waals surface area contributed by atoms with Crippen molar-refractivity contribution in [1.82, 2.24) is 0 Å². The zero-order valence-electron chi connectivity index (χ0n) is 29.3. The van der Waals surface area contributed by atoms with Crippen LogP contribution in [0.2, 0.25) is 0 Å². The van der Waals surface area contributed by atoms with Crippen molar-refractivity contribution in [2.45, 2.75) is 147 Å². The maximum absolute atomic E-state index is 15.1. The molecule has 0 aromatic rings. The summed E-state index contributed by atoms with van der Waals surface area (Å²) < 4.78 is 0. The molecule has 3 saturated carbocycles. The lowest BCUT2D eigenvalue weighted by Gasteiger charge is -2.66. The highest BCUT2D eigenvalue weighted by molar-refractivity contribution is 6.05. The van der Waals surface area contributed by atoms with Gasteiger partial charge in [0.2, 0.25) is 0 Å². The van der Waals surface area contributed by atoms with Crippen LogP contribution in [0.1, 0.15) is 147 Å². The fourth-order valence-electron chi connectivity index (χ4n) is 11.2. The minimum atomic E-state index is -0.515. The van der Waals surface area contributed by atoms with Gasteiger partial charge in [-0.2, -0.15) is 0 Å². The Kier molecular flexibility index (Phi) is 9.68. The molecule has 0 saturated heterocycles. The Labute approximate surface area is 259 Å². The largest absolute Gasteiger partial charge is 0.298 e. The molecule has 42 heavy (non-hydrogen) atoms. The summed E-state index contributed by atoms with van der Waals surface area (Å²) >= 11 is 0. The molecule has 0 amide bonds. The van der Waals surface area contributed by atoms with E-state index in [0.29, 0.717) is 29.3 Å². The molecule has 2 heteroatoms. The summed E-state index contributed by atoms with van der Waals surface area (Å²) in [6, 6.07) is 0. The van der Waals surface area contributed by atoms with E-state index < -0.39 is 5.41 Å². The van der Waals surface area contributed by atoms with Crippen molar-refractivity contribution < 1.29 is 9.59 Å². The number of ketones is 2. The first-order valence-electron chi connectivity index (χ1n) is 17.7. The Hall–Kier alpha value is -1.44. The molecule has 2 nitrogen and oxygen atoms in total. The number of allylic oxidation sites excluding steroid dienone is 5. The summed E-state index contributed by atoms with van der Waals surface area (Å²) in [4.78, 5) is 29.5. The highest BCUT2D eigenvalue weighted by atomic mass is 16.1. The lowest BCUT2D eigenvalue weighted by molar-refractivity contribution is -0.186. The molecular weight excluding hydrogens is 512 g/mol. The van der Waals surface area contributed by atoms with Crippen LogP contribution in [0.15, 0.2) is 34.4 Å². The van der Waals surface area contributed by atoms with E-state index in [1.165, 1.54) is 56.1 Å². The number of unbranched alkanes of at least 4 members (excludes halogenated alkanes) is 2. The van der Waals surface area contributed by atoms with Crippen LogP contribution in [0.25, 0.3) is 0 Å². The van der Waals surface area contributed by atoms with Crippen LogP contribution in [-0.4, -0.2) is 11.6 Å². The highest BCUT2D eigenvalue weighted by Crippen LogP contribution is 2.71. The molecule has 8 atom stereocenters. The van der Waals surface area contributed by atoms with Gasteiger partial charge in [-0.15, -0.1) is 0 Å². The number of Topliss-reactive ketones (excluding diaryl/α,β-unsaturated/α-hetero) is 2. The molecular formula is C40H64O2. The van der Waals surface area contributed by atoms with E-state index in [4.69, 9.17) is 0 Å². The summed E-state index contributed by atoms with van der Waals surface area (Å²) in [6.45, 7) is 29.5. The molecule has 0 aliphatic heterocycles. The van der Waals surface area contributed by atoms with Gasteiger partial charge in [-0.05, 0) is 91.9 Å². The zero-order chi connectivity index (χ0) is 31.4. The second-order valence-corrected chi connectivity index (χ2v) is 16.8. The van der Waals surface area contributed by atoms with Crippen molar-refractivity contribution in [2.75, 3.05) is 0 Å². The molecule has 4 aliphatic rings. The van der Waals surface area contributed by atoms with E-state index in [2.05, 4.69) is 75.8 Å². The maximum atomic E-state index is 15.1. The van der Waals surface area contributed by atoms with E-state index >= 15 is 4.79 Å². The van der Waals surface area contributed by atoms with Crippen molar-refractivity contribution in [3.63, 3.8) is 0 Å². The molecule has 0 spiro atoms. The zero-order valence-corrected chi connectivity index (χ0v) is 29.3. The normalized spacial score (nSPS) is 38.6. The van der Waals surface area contributed by atoms with Gasteiger partial charge in [0.05, 0.1) is 0 Å². The van der Waals surface area contributed by atoms with E-state index in [1.54, 1.807) is 5.57 Å². The number of carbonyl (C=O) groups is 2. The molecule has 8 unspecified atom stereocenters. The number of hydrogen-bond donors (Lipinski definition) is 0. The van der Waals surface area contributed by atoms with Gasteiger partial charge in [-0.25, -0.2) is 0 Å². The summed E-state index contributed by atoms with van der Waals surface area (Å²) in [7, 11) is 0. The van der Waals surface area contributed by atoms with E-state index in [9.17, 15) is 4.79 Å². The van der Waals surface area contributed by atoms with Gasteiger partial charge in [0, 0.05) is 22.8 Å². The van der Waals surface area contributed by atoms with Crippen LogP contribution in [0.5, 0.6) is 0 Å². The Morgan fingerprint density at radius 3 is 2.14 bits per heavy atom. The van der Waals surface area contributed by atoms with Crippen LogP contribution in [0.3, 0.4) is 0 Å². The lowest BCUT2D eigenvalue weighted by atomic mass is 9.36. The predicted octanol–water partition coefficient (Wildman–Crippen LogP) is 11.1. The topological polar surface area (TPSA) is 34.1 Å². The Morgan fingerprint density at radius 1 is 1.02 bits per heavy atom. The fourth-order valence-corrected chi connectivity index (χ4v) is 11.2. The Bertz CT molecular complexity index is 1140. The quantitative estimate of drug-likeness (QED) is 0.242. The molecule has 236 valence electrons. The maximum Gasteiger partial charge on any atom is 0.167 e. The highest BCUT2D eigenvalue weighted by Gasteiger charge is 2.69. The monoisotopic (exact) mass is 576 g/mol. The first-order chi connectivity index (χ1) is 19.6. The van der Waals surface area contributed by atoms with Crippen molar-refractivity contribution >= 4 is 11.6 Å². The Morgan fingerprint density at radius 2 is 1.62 bits per heavy atom. The van der Waals surface area contributed by atoms with Crippen molar-refractivity contribution in [2.24, 2.45) is 57.7 Å². The van der Waals surface area contributed by atoms with Gasteiger partial charge in [0.25, 0.3) is 0 Å². The molecule has 3 fully saturated rings. The molecule has 0 heterocycles. The van der Waals surface area contributed by atoms with Gasteiger partial charge < -0.3 is 0 Å². The Balaban J connectivity index is 1.79. The smallest absolute Gasteiger partial charge is 0.167 e. The SMILES string of the molecule is C=C(C)C1C(=O)C2(C)C(C)C3C(=O)C4=C(C)C(CC(CCCC)CCCC)CC(C(C)C)=C4CC3(C)CC2(C)CC1C. The van der Waals surface area contributed by atoms with Gasteiger partial charge in [-0.3, -0.25) is 9.59 Å². The van der Waals surface area contributed by atoms with Crippen LogP contribution in [0, 0.1) is 57.7 Å². The number of carbonyl (C=O) groups excluding carboxylic acids is 2. The van der Waals surface area contributed by atoms with Gasteiger partial charge in [-0.1, -0.05) is 124 Å². The number of hydrogen-bond acceptors (Lipinski definition) is 2. The van der Waals surface area contributed by atoms with E-state index in [1.807, 2.05) is 6.92 Å². The summed E-state index contributed by atoms with van der Waals surface area (Å²) in [5, 5.41) is 0. The third-order valence-corrected chi connectivity index (χ3v) is 13.4. The first-order valence-corrected chi connectivity index (χ1v) is 17.7. The molecule has 0 aromatic carbocycles. The second-order valence-electron chi connectivity index (χ2n) is 16.8. The summed E-state index contributed by atoms with van der Waals surface area (Å²) in [5.41, 5.74) is 5.67. The van der Waals surface area contributed by atoms with Crippen LogP contribution in [0.4, 0.5) is 0 Å². The van der Waals surface area contributed by atoms with Gasteiger partial charge in [0.1, 0.15) is 5.78 Å². The lowest BCUT2D eigenvalue weighted by Crippen LogP contribution is -2.66. The predicted molar refractivity (Wildman–Crippen MR) is 178 cm³/mol. The van der Waals surface area contributed by atoms with Crippen LogP contribution < -0.4 is 0 Å². The molecule has 4 rings (SSSR count). The average molecular weight is 577 g/mol. The third-order valence-electron chi connectivity index (χ3n) is 13.4. The summed E-state index contributed by atoms with van der Waals surface area (Å²) in [6.07, 6.45) is 13.1. The van der Waals surface area contributed by atoms with E-state index in [0.717, 1.165) is 42.7 Å². The van der Waals surface area contributed by atoms with Crippen LogP contribution >= 0.6 is 0 Å². The minimum Gasteiger partial charge on any atom is -0.298 e. The minimum absolute atomic E-state index is 0.0159. The molecule has 0 aromatic heterocycles. The fraction of sp³-hybridized carbons (Fsp3) is 0.800. The van der Waals surface area contributed by atoms with Gasteiger partial charge in [0.15, 0.2) is 5.78 Å². The van der Waals surface area contributed by atoms with Crippen LogP contribution in [-0.2, 0) is 9.59 Å². The van der Waals surface area contributed by atoms with Crippen molar-refractivity contribution in [1.29, 1.82) is 0 Å². The van der Waals surface area contributed by atoms with Gasteiger partial charge >= 0.3 is 0 Å². The van der Waals surface area contributed by atoms with Crippen molar-refractivity contribution in [3.05, 3.63) is 34.4 Å². The van der Waals surface area contributed by atoms with Crippen molar-refractivity contribution in [3.8, 4) is 0 Å². The number of fused-ring (bicyclic) bond motifs is 3. The molecule has 0 N–H and O–H groups in total. The van der Waals surface area contributed by atoms with E-state index in [-0.39, 0.29) is 28.6 Å². The average Bonchev–Trinajstić information content (AvgIpc) is 2.88. The molecule has 4 aliphatic carbocycles.